The lowest BCUT2D eigenvalue weighted by atomic mass is 10.0. The van der Waals surface area contributed by atoms with E-state index in [1.165, 1.54) is 9.47 Å². The number of hydrogen-bond acceptors (Lipinski definition) is 4. The van der Waals surface area contributed by atoms with Crippen molar-refractivity contribution in [2.75, 3.05) is 17.2 Å². The van der Waals surface area contributed by atoms with Crippen molar-refractivity contribution >= 4 is 17.4 Å². The summed E-state index contributed by atoms with van der Waals surface area (Å²) in [7, 11) is 0. The minimum Gasteiger partial charge on any atom is -0.383 e. The molecule has 29 heavy (non-hydrogen) atoms. The second-order valence-corrected chi connectivity index (χ2v) is 7.96. The Morgan fingerprint density at radius 1 is 1.24 bits per heavy atom. The predicted octanol–water partition coefficient (Wildman–Crippen LogP) is 3.23. The van der Waals surface area contributed by atoms with Gasteiger partial charge in [-0.15, -0.1) is 0 Å². The second-order valence-electron chi connectivity index (χ2n) is 7.96. The van der Waals surface area contributed by atoms with E-state index in [2.05, 4.69) is 18.8 Å². The Hall–Kier alpha value is -2.83. The van der Waals surface area contributed by atoms with Crippen LogP contribution < -0.4 is 21.9 Å². The fourth-order valence-electron chi connectivity index (χ4n) is 3.19. The number of nitrogens with zero attached hydrogens (tertiary/aromatic N) is 2. The van der Waals surface area contributed by atoms with Gasteiger partial charge in [-0.05, 0) is 44.2 Å². The summed E-state index contributed by atoms with van der Waals surface area (Å²) in [5.41, 5.74) is 7.44. The highest BCUT2D eigenvalue weighted by atomic mass is 16.2. The van der Waals surface area contributed by atoms with E-state index in [0.717, 1.165) is 24.0 Å². The highest BCUT2D eigenvalue weighted by Gasteiger charge is 2.26. The summed E-state index contributed by atoms with van der Waals surface area (Å²) in [4.78, 5) is 42.2. The number of nitrogens with one attached hydrogen (secondary N) is 1. The van der Waals surface area contributed by atoms with Crippen molar-refractivity contribution in [2.24, 2.45) is 5.92 Å². The number of amides is 1. The van der Waals surface area contributed by atoms with Gasteiger partial charge >= 0.3 is 5.69 Å². The van der Waals surface area contributed by atoms with E-state index in [4.69, 9.17) is 5.73 Å². The number of nitrogen functional groups attached to an aromatic ring is 1. The van der Waals surface area contributed by atoms with Gasteiger partial charge in [0.15, 0.2) is 5.69 Å². The third kappa shape index (κ3) is 5.16. The molecule has 2 rings (SSSR count). The van der Waals surface area contributed by atoms with Crippen molar-refractivity contribution in [3.05, 3.63) is 55.7 Å². The molecule has 7 nitrogen and oxygen atoms in total. The number of benzene rings is 1. The Labute approximate surface area is 171 Å². The molecule has 7 heteroatoms. The van der Waals surface area contributed by atoms with Gasteiger partial charge in [0.25, 0.3) is 11.5 Å². The van der Waals surface area contributed by atoms with Gasteiger partial charge in [0.2, 0.25) is 0 Å². The van der Waals surface area contributed by atoms with Crippen LogP contribution in [0.25, 0.3) is 0 Å². The molecule has 0 bridgehead atoms. The number of nitrogens with two attached hydrogens (primary N) is 1. The number of H-pyrrole nitrogens is 1. The fourth-order valence-corrected chi connectivity index (χ4v) is 3.19. The molecule has 3 N–H and O–H groups in total. The SMILES string of the molecule is CCCCn1c(N)c(N(CCC(C)C)C(=O)c2cc(C)ccc2C)c(=O)[nH]c1=O. The molecule has 1 amide bonds. The van der Waals surface area contributed by atoms with Crippen LogP contribution in [0.4, 0.5) is 11.5 Å². The highest BCUT2D eigenvalue weighted by Crippen LogP contribution is 2.23. The van der Waals surface area contributed by atoms with E-state index in [1.54, 1.807) is 0 Å². The minimum atomic E-state index is -0.636. The van der Waals surface area contributed by atoms with Gasteiger partial charge in [0.1, 0.15) is 5.82 Å². The number of aryl methyl sites for hydroxylation is 2. The Kier molecular flexibility index (Phi) is 7.42. The first-order valence-electron chi connectivity index (χ1n) is 10.2. The van der Waals surface area contributed by atoms with Gasteiger partial charge in [0.05, 0.1) is 0 Å². The number of aromatic amines is 1. The first kappa shape index (κ1) is 22.5. The van der Waals surface area contributed by atoms with Crippen LogP contribution in [0.5, 0.6) is 0 Å². The Balaban J connectivity index is 2.64. The Bertz CT molecular complexity index is 989. The summed E-state index contributed by atoms with van der Waals surface area (Å²) in [5.74, 6) is 0.0783. The quantitative estimate of drug-likeness (QED) is 0.710. The largest absolute Gasteiger partial charge is 0.383 e. The first-order chi connectivity index (χ1) is 13.7. The molecule has 0 aliphatic heterocycles. The van der Waals surface area contributed by atoms with E-state index in [9.17, 15) is 14.4 Å². The van der Waals surface area contributed by atoms with Crippen molar-refractivity contribution in [2.45, 2.75) is 60.4 Å². The summed E-state index contributed by atoms with van der Waals surface area (Å²) in [6.07, 6.45) is 2.31. The molecule has 1 heterocycles. The lowest BCUT2D eigenvalue weighted by molar-refractivity contribution is 0.0985. The lowest BCUT2D eigenvalue weighted by Gasteiger charge is -2.26. The van der Waals surface area contributed by atoms with Crippen LogP contribution in [0, 0.1) is 19.8 Å². The molecule has 0 saturated heterocycles. The zero-order chi connectivity index (χ0) is 21.7. The molecule has 0 fully saturated rings. The number of aromatic nitrogens is 2. The monoisotopic (exact) mass is 400 g/mol. The maximum atomic E-state index is 13.5. The molecule has 0 aliphatic rings. The smallest absolute Gasteiger partial charge is 0.330 e. The van der Waals surface area contributed by atoms with Crippen molar-refractivity contribution in [1.82, 2.24) is 9.55 Å². The van der Waals surface area contributed by atoms with Gasteiger partial charge in [0, 0.05) is 18.7 Å². The van der Waals surface area contributed by atoms with E-state index >= 15 is 0 Å². The van der Waals surface area contributed by atoms with Crippen LogP contribution in [0.1, 0.15) is 61.5 Å². The average molecular weight is 401 g/mol. The number of unbranched alkanes of at least 4 members (excludes halogenated alkanes) is 1. The number of carbonyl (C=O) groups excluding carboxylic acids is 1. The lowest BCUT2D eigenvalue weighted by Crippen LogP contribution is -2.42. The van der Waals surface area contributed by atoms with Gasteiger partial charge < -0.3 is 10.6 Å². The first-order valence-corrected chi connectivity index (χ1v) is 10.2. The second kappa shape index (κ2) is 9.58. The molecular weight excluding hydrogens is 368 g/mol. The molecule has 0 radical (unpaired) electrons. The highest BCUT2D eigenvalue weighted by molar-refractivity contribution is 6.08. The molecule has 0 aliphatic carbocycles. The van der Waals surface area contributed by atoms with Crippen molar-refractivity contribution in [1.29, 1.82) is 0 Å². The molecule has 1 aromatic carbocycles. The third-order valence-corrected chi connectivity index (χ3v) is 5.02. The summed E-state index contributed by atoms with van der Waals surface area (Å²) >= 11 is 0. The standard InChI is InChI=1S/C22H32N4O3/c1-6-7-11-26-19(23)18(20(27)24-22(26)29)25(12-10-14(2)3)21(28)17-13-15(4)8-9-16(17)5/h8-9,13-14H,6-7,10-12,23H2,1-5H3,(H,24,27,29). The van der Waals surface area contributed by atoms with E-state index in [1.807, 2.05) is 39.0 Å². The van der Waals surface area contributed by atoms with E-state index < -0.39 is 11.2 Å². The van der Waals surface area contributed by atoms with Crippen molar-refractivity contribution in [3.63, 3.8) is 0 Å². The van der Waals surface area contributed by atoms with Gasteiger partial charge in [-0.3, -0.25) is 19.1 Å². The zero-order valence-corrected chi connectivity index (χ0v) is 18.0. The van der Waals surface area contributed by atoms with Crippen LogP contribution in [0.3, 0.4) is 0 Å². The minimum absolute atomic E-state index is 0.0367. The normalized spacial score (nSPS) is 11.1. The van der Waals surface area contributed by atoms with Crippen LogP contribution in [0.2, 0.25) is 0 Å². The Morgan fingerprint density at radius 3 is 2.55 bits per heavy atom. The molecule has 0 atom stereocenters. The van der Waals surface area contributed by atoms with Gasteiger partial charge in [-0.1, -0.05) is 44.9 Å². The third-order valence-electron chi connectivity index (χ3n) is 5.02. The molecule has 0 unspecified atom stereocenters. The number of carbonyl (C=O) groups is 1. The number of hydrogen-bond donors (Lipinski definition) is 2. The average Bonchev–Trinajstić information content (AvgIpc) is 2.65. The number of anilines is 2. The van der Waals surface area contributed by atoms with Gasteiger partial charge in [-0.2, -0.15) is 0 Å². The molecule has 0 saturated carbocycles. The summed E-state index contributed by atoms with van der Waals surface area (Å²) in [6.45, 7) is 10.6. The van der Waals surface area contributed by atoms with Crippen LogP contribution in [0.15, 0.2) is 27.8 Å². The van der Waals surface area contributed by atoms with Crippen molar-refractivity contribution < 1.29 is 4.79 Å². The molecular formula is C22H32N4O3. The molecule has 158 valence electrons. The van der Waals surface area contributed by atoms with Gasteiger partial charge in [-0.25, -0.2) is 4.79 Å². The fraction of sp³-hybridized carbons (Fsp3) is 0.500. The van der Waals surface area contributed by atoms with Crippen molar-refractivity contribution in [3.8, 4) is 0 Å². The maximum absolute atomic E-state index is 13.5. The zero-order valence-electron chi connectivity index (χ0n) is 18.0. The Morgan fingerprint density at radius 2 is 1.93 bits per heavy atom. The summed E-state index contributed by atoms with van der Waals surface area (Å²) in [6, 6.07) is 5.65. The predicted molar refractivity (Wildman–Crippen MR) is 118 cm³/mol. The number of rotatable bonds is 8. The molecule has 0 spiro atoms. The maximum Gasteiger partial charge on any atom is 0.330 e. The topological polar surface area (TPSA) is 101 Å². The summed E-state index contributed by atoms with van der Waals surface area (Å²) < 4.78 is 1.35. The molecule has 1 aromatic heterocycles. The summed E-state index contributed by atoms with van der Waals surface area (Å²) in [5, 5.41) is 0. The van der Waals surface area contributed by atoms with Crippen LogP contribution in [-0.2, 0) is 6.54 Å². The van der Waals surface area contributed by atoms with E-state index in [-0.39, 0.29) is 17.4 Å². The van der Waals surface area contributed by atoms with Crippen LogP contribution >= 0.6 is 0 Å². The molecule has 2 aromatic rings. The van der Waals surface area contributed by atoms with Crippen LogP contribution in [-0.4, -0.2) is 22.0 Å². The van der Waals surface area contributed by atoms with E-state index in [0.29, 0.717) is 31.0 Å².